The van der Waals surface area contributed by atoms with Crippen LogP contribution in [0.3, 0.4) is 0 Å². The molecule has 114 valence electrons. The van der Waals surface area contributed by atoms with Crippen molar-refractivity contribution in [3.05, 3.63) is 30.1 Å². The molecule has 1 aromatic carbocycles. The Balaban J connectivity index is 1.89. The van der Waals surface area contributed by atoms with Crippen molar-refractivity contribution < 1.29 is 0 Å². The molecule has 0 saturated carbocycles. The topological polar surface area (TPSA) is 29.9 Å². The second kappa shape index (κ2) is 6.84. The SMILES string of the molecule is CCCn1c(CC(NC)C2CCSC2)nc2ccccc21. The summed E-state index contributed by atoms with van der Waals surface area (Å²) < 4.78 is 2.42. The van der Waals surface area contributed by atoms with E-state index in [9.17, 15) is 0 Å². The Morgan fingerprint density at radius 1 is 1.43 bits per heavy atom. The van der Waals surface area contributed by atoms with Crippen LogP contribution < -0.4 is 5.32 Å². The van der Waals surface area contributed by atoms with Crippen molar-refractivity contribution in [1.29, 1.82) is 0 Å². The number of hydrogen-bond donors (Lipinski definition) is 1. The first kappa shape index (κ1) is 14.9. The van der Waals surface area contributed by atoms with Gasteiger partial charge in [-0.05, 0) is 49.4 Å². The molecule has 4 heteroatoms. The maximum Gasteiger partial charge on any atom is 0.111 e. The summed E-state index contributed by atoms with van der Waals surface area (Å²) in [6.07, 6.45) is 3.53. The second-order valence-corrected chi connectivity index (χ2v) is 7.04. The van der Waals surface area contributed by atoms with Crippen LogP contribution in [0.1, 0.15) is 25.6 Å². The van der Waals surface area contributed by atoms with Crippen molar-refractivity contribution in [1.82, 2.24) is 14.9 Å². The summed E-state index contributed by atoms with van der Waals surface area (Å²) in [5.74, 6) is 4.64. The van der Waals surface area contributed by atoms with Crippen molar-refractivity contribution in [2.45, 2.75) is 38.8 Å². The van der Waals surface area contributed by atoms with E-state index in [0.717, 1.165) is 30.8 Å². The van der Waals surface area contributed by atoms with Gasteiger partial charge in [-0.1, -0.05) is 19.1 Å². The van der Waals surface area contributed by atoms with E-state index in [4.69, 9.17) is 4.98 Å². The summed E-state index contributed by atoms with van der Waals surface area (Å²) in [5, 5.41) is 3.54. The lowest BCUT2D eigenvalue weighted by molar-refractivity contribution is 0.393. The van der Waals surface area contributed by atoms with Gasteiger partial charge in [-0.3, -0.25) is 0 Å². The van der Waals surface area contributed by atoms with E-state index in [1.807, 2.05) is 0 Å². The zero-order valence-corrected chi connectivity index (χ0v) is 13.8. The smallest absolute Gasteiger partial charge is 0.111 e. The predicted octanol–water partition coefficient (Wildman–Crippen LogP) is 3.33. The number of nitrogens with zero attached hydrogens (tertiary/aromatic N) is 2. The van der Waals surface area contributed by atoms with E-state index < -0.39 is 0 Å². The lowest BCUT2D eigenvalue weighted by Gasteiger charge is -2.22. The first-order valence-corrected chi connectivity index (χ1v) is 9.18. The fraction of sp³-hybridized carbons (Fsp3) is 0.588. The molecular weight excluding hydrogens is 278 g/mol. The largest absolute Gasteiger partial charge is 0.328 e. The number of para-hydroxylation sites is 2. The van der Waals surface area contributed by atoms with Crippen molar-refractivity contribution in [3.8, 4) is 0 Å². The van der Waals surface area contributed by atoms with E-state index >= 15 is 0 Å². The number of thioether (sulfide) groups is 1. The average molecular weight is 303 g/mol. The molecule has 3 rings (SSSR count). The van der Waals surface area contributed by atoms with Gasteiger partial charge in [0.2, 0.25) is 0 Å². The first-order valence-electron chi connectivity index (χ1n) is 8.02. The van der Waals surface area contributed by atoms with E-state index in [-0.39, 0.29) is 0 Å². The van der Waals surface area contributed by atoms with Gasteiger partial charge in [-0.25, -0.2) is 4.98 Å². The predicted molar refractivity (Wildman–Crippen MR) is 92.0 cm³/mol. The van der Waals surface area contributed by atoms with Crippen LogP contribution in [0.2, 0.25) is 0 Å². The molecule has 1 fully saturated rings. The summed E-state index contributed by atoms with van der Waals surface area (Å²) >= 11 is 2.09. The average Bonchev–Trinajstić information content (AvgIpc) is 3.14. The van der Waals surface area contributed by atoms with Gasteiger partial charge in [0.1, 0.15) is 5.82 Å². The van der Waals surface area contributed by atoms with Crippen molar-refractivity contribution in [2.24, 2.45) is 5.92 Å². The highest BCUT2D eigenvalue weighted by Gasteiger charge is 2.26. The van der Waals surface area contributed by atoms with Gasteiger partial charge in [0.15, 0.2) is 0 Å². The number of fused-ring (bicyclic) bond motifs is 1. The van der Waals surface area contributed by atoms with E-state index in [1.165, 1.54) is 29.3 Å². The van der Waals surface area contributed by atoms with Gasteiger partial charge < -0.3 is 9.88 Å². The standard InChI is InChI=1S/C17H25N3S/c1-3-9-20-16-7-5-4-6-14(16)19-17(20)11-15(18-2)13-8-10-21-12-13/h4-7,13,15,18H,3,8-12H2,1-2H3. The third-order valence-electron chi connectivity index (χ3n) is 4.49. The molecule has 0 radical (unpaired) electrons. The molecule has 21 heavy (non-hydrogen) atoms. The van der Waals surface area contributed by atoms with Gasteiger partial charge in [-0.15, -0.1) is 0 Å². The third-order valence-corrected chi connectivity index (χ3v) is 5.68. The number of rotatable bonds is 6. The van der Waals surface area contributed by atoms with Gasteiger partial charge in [0, 0.05) is 19.0 Å². The summed E-state index contributed by atoms with van der Waals surface area (Å²) in [6, 6.07) is 9.07. The van der Waals surface area contributed by atoms with Gasteiger partial charge >= 0.3 is 0 Å². The maximum absolute atomic E-state index is 4.91. The quantitative estimate of drug-likeness (QED) is 0.888. The zero-order chi connectivity index (χ0) is 14.7. The zero-order valence-electron chi connectivity index (χ0n) is 13.0. The minimum Gasteiger partial charge on any atom is -0.328 e. The molecular formula is C17H25N3S. The molecule has 0 bridgehead atoms. The number of imidazole rings is 1. The van der Waals surface area contributed by atoms with Crippen molar-refractivity contribution in [2.75, 3.05) is 18.6 Å². The number of nitrogens with one attached hydrogen (secondary N) is 1. The number of likely N-dealkylation sites (N-methyl/N-ethyl adjacent to an activating group) is 1. The fourth-order valence-electron chi connectivity index (χ4n) is 3.33. The molecule has 1 N–H and O–H groups in total. The highest BCUT2D eigenvalue weighted by molar-refractivity contribution is 7.99. The number of aryl methyl sites for hydroxylation is 1. The van der Waals surface area contributed by atoms with Crippen LogP contribution in [-0.4, -0.2) is 34.1 Å². The molecule has 2 heterocycles. The highest BCUT2D eigenvalue weighted by Crippen LogP contribution is 2.28. The molecule has 2 unspecified atom stereocenters. The molecule has 0 spiro atoms. The van der Waals surface area contributed by atoms with Crippen LogP contribution in [0.25, 0.3) is 11.0 Å². The Bertz CT molecular complexity index is 587. The summed E-state index contributed by atoms with van der Waals surface area (Å²) in [6.45, 7) is 3.30. The van der Waals surface area contributed by atoms with Crippen LogP contribution in [0.4, 0.5) is 0 Å². The summed E-state index contributed by atoms with van der Waals surface area (Å²) in [5.41, 5.74) is 2.42. The third kappa shape index (κ3) is 3.11. The van der Waals surface area contributed by atoms with Gasteiger partial charge in [-0.2, -0.15) is 11.8 Å². The summed E-state index contributed by atoms with van der Waals surface area (Å²) in [4.78, 5) is 4.91. The summed E-state index contributed by atoms with van der Waals surface area (Å²) in [7, 11) is 2.10. The van der Waals surface area contributed by atoms with E-state index in [2.05, 4.69) is 59.9 Å². The van der Waals surface area contributed by atoms with Gasteiger partial charge in [0.25, 0.3) is 0 Å². The Morgan fingerprint density at radius 3 is 3.00 bits per heavy atom. The Labute approximate surface area is 131 Å². The van der Waals surface area contributed by atoms with Crippen LogP contribution >= 0.6 is 11.8 Å². The molecule has 3 nitrogen and oxygen atoms in total. The van der Waals surface area contributed by atoms with Crippen LogP contribution in [-0.2, 0) is 13.0 Å². The minimum atomic E-state index is 0.549. The van der Waals surface area contributed by atoms with Crippen LogP contribution in [0.15, 0.2) is 24.3 Å². The maximum atomic E-state index is 4.91. The molecule has 1 saturated heterocycles. The van der Waals surface area contributed by atoms with E-state index in [1.54, 1.807) is 0 Å². The normalized spacial score (nSPS) is 20.2. The van der Waals surface area contributed by atoms with E-state index in [0.29, 0.717) is 6.04 Å². The van der Waals surface area contributed by atoms with Crippen LogP contribution in [0.5, 0.6) is 0 Å². The van der Waals surface area contributed by atoms with Crippen molar-refractivity contribution in [3.63, 3.8) is 0 Å². The van der Waals surface area contributed by atoms with Crippen LogP contribution in [0, 0.1) is 5.92 Å². The Hall–Kier alpha value is -1.00. The highest BCUT2D eigenvalue weighted by atomic mass is 32.2. The number of hydrogen-bond acceptors (Lipinski definition) is 3. The molecule has 1 aliphatic rings. The Morgan fingerprint density at radius 2 is 2.29 bits per heavy atom. The number of aromatic nitrogens is 2. The molecule has 0 aliphatic carbocycles. The second-order valence-electron chi connectivity index (χ2n) is 5.89. The first-order chi connectivity index (χ1) is 10.3. The molecule has 0 amide bonds. The molecule has 1 aliphatic heterocycles. The van der Waals surface area contributed by atoms with Gasteiger partial charge in [0.05, 0.1) is 11.0 Å². The lowest BCUT2D eigenvalue weighted by Crippen LogP contribution is -2.36. The fourth-order valence-corrected chi connectivity index (χ4v) is 4.66. The molecule has 2 atom stereocenters. The number of benzene rings is 1. The molecule has 1 aromatic heterocycles. The van der Waals surface area contributed by atoms with Crippen molar-refractivity contribution >= 4 is 22.8 Å². The molecule has 2 aromatic rings. The lowest BCUT2D eigenvalue weighted by atomic mass is 9.96. The minimum absolute atomic E-state index is 0.549. The monoisotopic (exact) mass is 303 g/mol. The Kier molecular flexibility index (Phi) is 4.86.